The number of halogens is 1. The average Bonchev–Trinajstić information content (AvgIpc) is 2.46. The van der Waals surface area contributed by atoms with Gasteiger partial charge in [0.25, 0.3) is 5.91 Å². The number of hydrogen-bond acceptors (Lipinski definition) is 4. The number of nitrogens with zero attached hydrogens (tertiary/aromatic N) is 2. The van der Waals surface area contributed by atoms with Gasteiger partial charge in [0.15, 0.2) is 6.61 Å². The third-order valence-corrected chi connectivity index (χ3v) is 3.32. The fourth-order valence-electron chi connectivity index (χ4n) is 2.02. The highest BCUT2D eigenvalue weighted by Gasteiger charge is 2.25. The molecule has 1 aromatic carbocycles. The molecule has 6 nitrogen and oxygen atoms in total. The van der Waals surface area contributed by atoms with Gasteiger partial charge < -0.3 is 19.9 Å². The topological polar surface area (TPSA) is 61.9 Å². The highest BCUT2D eigenvalue weighted by atomic mass is 35.5. The van der Waals surface area contributed by atoms with Crippen molar-refractivity contribution in [1.82, 2.24) is 4.90 Å². The molecule has 0 atom stereocenters. The Balaban J connectivity index is 2.19. The van der Waals surface area contributed by atoms with E-state index >= 15 is 0 Å². The molecule has 2 rings (SSSR count). The molecule has 1 aliphatic heterocycles. The van der Waals surface area contributed by atoms with E-state index in [2.05, 4.69) is 5.32 Å². The zero-order valence-electron chi connectivity index (χ0n) is 12.1. The van der Waals surface area contributed by atoms with Gasteiger partial charge in [-0.05, 0) is 26.2 Å². The quantitative estimate of drug-likeness (QED) is 0.829. The lowest BCUT2D eigenvalue weighted by Crippen LogP contribution is -2.42. The number of anilines is 2. The lowest BCUT2D eigenvalue weighted by atomic mass is 10.2. The first-order valence-electron chi connectivity index (χ1n) is 6.59. The van der Waals surface area contributed by atoms with Crippen molar-refractivity contribution in [1.29, 1.82) is 0 Å². The molecule has 114 valence electrons. The Morgan fingerprint density at radius 3 is 2.90 bits per heavy atom. The molecule has 1 aliphatic rings. The Morgan fingerprint density at radius 2 is 2.24 bits per heavy atom. The van der Waals surface area contributed by atoms with E-state index in [4.69, 9.17) is 16.3 Å². The summed E-state index contributed by atoms with van der Waals surface area (Å²) in [6.07, 6.45) is 0. The number of carbonyl (C=O) groups is 2. The van der Waals surface area contributed by atoms with Crippen molar-refractivity contribution in [3.63, 3.8) is 0 Å². The predicted molar refractivity (Wildman–Crippen MR) is 82.2 cm³/mol. The van der Waals surface area contributed by atoms with Crippen LogP contribution in [0.25, 0.3) is 0 Å². The van der Waals surface area contributed by atoms with Gasteiger partial charge in [-0.3, -0.25) is 9.59 Å². The molecule has 0 radical (unpaired) electrons. The highest BCUT2D eigenvalue weighted by Crippen LogP contribution is 2.34. The normalized spacial score (nSPS) is 13.9. The van der Waals surface area contributed by atoms with Gasteiger partial charge in [-0.1, -0.05) is 0 Å². The van der Waals surface area contributed by atoms with Crippen molar-refractivity contribution in [3.05, 3.63) is 18.2 Å². The van der Waals surface area contributed by atoms with Crippen LogP contribution in [-0.2, 0) is 9.59 Å². The molecule has 0 bridgehead atoms. The second kappa shape index (κ2) is 6.78. The largest absolute Gasteiger partial charge is 0.481 e. The number of ether oxygens (including phenoxy) is 1. The van der Waals surface area contributed by atoms with Crippen molar-refractivity contribution in [2.24, 2.45) is 0 Å². The summed E-state index contributed by atoms with van der Waals surface area (Å²) in [4.78, 5) is 27.0. The van der Waals surface area contributed by atoms with Crippen LogP contribution < -0.4 is 15.0 Å². The fraction of sp³-hybridized carbons (Fsp3) is 0.429. The minimum atomic E-state index is -0.284. The number of alkyl halides is 1. The summed E-state index contributed by atoms with van der Waals surface area (Å²) in [7, 11) is 3.91. The van der Waals surface area contributed by atoms with E-state index < -0.39 is 0 Å². The zero-order valence-corrected chi connectivity index (χ0v) is 12.8. The summed E-state index contributed by atoms with van der Waals surface area (Å²) in [6.45, 7) is 1.36. The number of benzene rings is 1. The minimum absolute atomic E-state index is 0.00728. The van der Waals surface area contributed by atoms with E-state index in [1.165, 1.54) is 0 Å². The average molecular weight is 312 g/mol. The predicted octanol–water partition coefficient (Wildman–Crippen LogP) is 1.15. The molecule has 0 unspecified atom stereocenters. The summed E-state index contributed by atoms with van der Waals surface area (Å²) in [5.74, 6) is 0.126. The number of nitrogens with one attached hydrogen (secondary N) is 1. The summed E-state index contributed by atoms with van der Waals surface area (Å²) in [6, 6.07) is 5.20. The number of amides is 2. The van der Waals surface area contributed by atoms with Crippen molar-refractivity contribution < 1.29 is 14.3 Å². The number of fused-ring (bicyclic) bond motifs is 1. The Kier molecular flexibility index (Phi) is 5.03. The van der Waals surface area contributed by atoms with Crippen molar-refractivity contribution in [2.45, 2.75) is 0 Å². The molecule has 0 aliphatic carbocycles. The SMILES string of the molecule is CN(C)CCN1C(=O)COc2cc(NC(=O)CCl)ccc21. The van der Waals surface area contributed by atoms with Crippen LogP contribution in [0.1, 0.15) is 0 Å². The molecule has 21 heavy (non-hydrogen) atoms. The zero-order chi connectivity index (χ0) is 15.4. The molecule has 2 amide bonds. The van der Waals surface area contributed by atoms with E-state index in [9.17, 15) is 9.59 Å². The van der Waals surface area contributed by atoms with E-state index in [1.54, 1.807) is 23.1 Å². The molecule has 1 heterocycles. The highest BCUT2D eigenvalue weighted by molar-refractivity contribution is 6.29. The molecule has 0 spiro atoms. The Bertz CT molecular complexity index is 548. The van der Waals surface area contributed by atoms with E-state index in [0.717, 1.165) is 12.2 Å². The molecule has 0 saturated carbocycles. The summed E-state index contributed by atoms with van der Waals surface area (Å²) < 4.78 is 5.44. The Hall–Kier alpha value is -1.79. The first-order valence-corrected chi connectivity index (χ1v) is 7.12. The van der Waals surface area contributed by atoms with Gasteiger partial charge in [-0.2, -0.15) is 0 Å². The summed E-state index contributed by atoms with van der Waals surface area (Å²) in [5, 5.41) is 2.66. The van der Waals surface area contributed by atoms with E-state index in [-0.39, 0.29) is 24.3 Å². The Labute approximate surface area is 128 Å². The molecular formula is C14H18ClN3O3. The van der Waals surface area contributed by atoms with Crippen LogP contribution in [0.15, 0.2) is 18.2 Å². The maximum atomic E-state index is 12.0. The molecule has 0 saturated heterocycles. The number of carbonyl (C=O) groups excluding carboxylic acids is 2. The van der Waals surface area contributed by atoms with Gasteiger partial charge in [0.2, 0.25) is 5.91 Å². The van der Waals surface area contributed by atoms with Crippen molar-refractivity contribution >= 4 is 34.8 Å². The number of rotatable bonds is 5. The van der Waals surface area contributed by atoms with Crippen LogP contribution in [0.2, 0.25) is 0 Å². The minimum Gasteiger partial charge on any atom is -0.481 e. The lowest BCUT2D eigenvalue weighted by molar-refractivity contribution is -0.121. The van der Waals surface area contributed by atoms with Gasteiger partial charge >= 0.3 is 0 Å². The smallest absolute Gasteiger partial charge is 0.265 e. The fourth-order valence-corrected chi connectivity index (χ4v) is 2.09. The van der Waals surface area contributed by atoms with Crippen LogP contribution in [-0.4, -0.2) is 56.4 Å². The summed E-state index contributed by atoms with van der Waals surface area (Å²) in [5.41, 5.74) is 1.32. The first-order chi connectivity index (χ1) is 10.0. The monoisotopic (exact) mass is 311 g/mol. The van der Waals surface area contributed by atoms with Crippen molar-refractivity contribution in [3.8, 4) is 5.75 Å². The Morgan fingerprint density at radius 1 is 1.48 bits per heavy atom. The van der Waals surface area contributed by atoms with Crippen molar-refractivity contribution in [2.75, 3.05) is 49.9 Å². The molecule has 1 aromatic rings. The molecule has 0 fully saturated rings. The van der Waals surface area contributed by atoms with Gasteiger partial charge in [0, 0.05) is 24.8 Å². The van der Waals surface area contributed by atoms with Crippen LogP contribution in [0, 0.1) is 0 Å². The molecule has 1 N–H and O–H groups in total. The molecule has 7 heteroatoms. The summed E-state index contributed by atoms with van der Waals surface area (Å²) >= 11 is 5.46. The maximum absolute atomic E-state index is 12.0. The standard InChI is InChI=1S/C14H18ClN3O3/c1-17(2)5-6-18-11-4-3-10(16-13(19)8-15)7-12(11)21-9-14(18)20/h3-4,7H,5-6,8-9H2,1-2H3,(H,16,19). The van der Waals surface area contributed by atoms with Crippen LogP contribution >= 0.6 is 11.6 Å². The maximum Gasteiger partial charge on any atom is 0.265 e. The number of likely N-dealkylation sites (N-methyl/N-ethyl adjacent to an activating group) is 1. The van der Waals surface area contributed by atoms with Gasteiger partial charge in [-0.25, -0.2) is 0 Å². The molecular weight excluding hydrogens is 294 g/mol. The van der Waals surface area contributed by atoms with Crippen LogP contribution in [0.4, 0.5) is 11.4 Å². The van der Waals surface area contributed by atoms with E-state index in [1.807, 2.05) is 19.0 Å². The van der Waals surface area contributed by atoms with Crippen LogP contribution in [0.3, 0.4) is 0 Å². The third kappa shape index (κ3) is 3.86. The van der Waals surface area contributed by atoms with Crippen LogP contribution in [0.5, 0.6) is 5.75 Å². The second-order valence-electron chi connectivity index (χ2n) is 5.00. The molecule has 0 aromatic heterocycles. The van der Waals surface area contributed by atoms with Gasteiger partial charge in [0.1, 0.15) is 11.6 Å². The first kappa shape index (κ1) is 15.6. The van der Waals surface area contributed by atoms with Gasteiger partial charge in [0.05, 0.1) is 5.69 Å². The lowest BCUT2D eigenvalue weighted by Gasteiger charge is -2.30. The van der Waals surface area contributed by atoms with Gasteiger partial charge in [-0.15, -0.1) is 11.6 Å². The van der Waals surface area contributed by atoms with E-state index in [0.29, 0.717) is 18.0 Å². The number of hydrogen-bond donors (Lipinski definition) is 1. The second-order valence-corrected chi connectivity index (χ2v) is 5.27. The third-order valence-electron chi connectivity index (χ3n) is 3.08.